The van der Waals surface area contributed by atoms with Gasteiger partial charge in [-0.15, -0.1) is 11.3 Å². The van der Waals surface area contributed by atoms with E-state index in [1.54, 1.807) is 12.1 Å². The van der Waals surface area contributed by atoms with Crippen LogP contribution in [-0.2, 0) is 17.7 Å². The molecule has 3 rings (SSSR count). The van der Waals surface area contributed by atoms with Crippen molar-refractivity contribution >= 4 is 33.9 Å². The average Bonchev–Trinajstić information content (AvgIpc) is 2.97. The van der Waals surface area contributed by atoms with Crippen molar-refractivity contribution in [1.29, 1.82) is 0 Å². The fourth-order valence-corrected chi connectivity index (χ4v) is 4.33. The zero-order valence-electron chi connectivity index (χ0n) is 15.5. The zero-order valence-corrected chi connectivity index (χ0v) is 16.3. The molecule has 0 aliphatic carbocycles. The number of esters is 1. The first-order chi connectivity index (χ1) is 12.4. The van der Waals surface area contributed by atoms with E-state index in [1.807, 2.05) is 38.2 Å². The fourth-order valence-electron chi connectivity index (χ4n) is 3.02. The van der Waals surface area contributed by atoms with Gasteiger partial charge < -0.3 is 19.9 Å². The average molecular weight is 373 g/mol. The molecule has 0 unspecified atom stereocenters. The molecular weight excluding hydrogens is 350 g/mol. The summed E-state index contributed by atoms with van der Waals surface area (Å²) in [5.74, 6) is -0.627. The van der Waals surface area contributed by atoms with Gasteiger partial charge in [-0.3, -0.25) is 4.79 Å². The topological polar surface area (TPSA) is 61.9 Å². The highest BCUT2D eigenvalue weighted by Crippen LogP contribution is 2.37. The number of carbonyl (C=O) groups is 2. The number of hydrogen-bond donors (Lipinski definition) is 1. The van der Waals surface area contributed by atoms with E-state index in [0.717, 1.165) is 35.6 Å². The molecule has 2 aromatic rings. The summed E-state index contributed by atoms with van der Waals surface area (Å²) in [7, 11) is 7.31. The van der Waals surface area contributed by atoms with Gasteiger partial charge in [-0.05, 0) is 43.3 Å². The van der Waals surface area contributed by atoms with Crippen LogP contribution in [0.2, 0.25) is 0 Å². The quantitative estimate of drug-likeness (QED) is 0.835. The molecular formula is C19H23N3O3S. The number of thiophene rings is 1. The van der Waals surface area contributed by atoms with E-state index in [0.29, 0.717) is 16.1 Å². The maximum atomic E-state index is 12.7. The van der Waals surface area contributed by atoms with Crippen molar-refractivity contribution in [3.63, 3.8) is 0 Å². The summed E-state index contributed by atoms with van der Waals surface area (Å²) in [6, 6.07) is 7.35. The molecule has 1 aromatic heterocycles. The standard InChI is InChI=1S/C19H23N3O3S/c1-21(2)13-7-5-12(6-8-13)17(23)20-18-16(19(24)25-4)14-9-10-22(3)11-15(14)26-18/h5-8H,9-11H2,1-4H3,(H,20,23). The maximum absolute atomic E-state index is 12.7. The summed E-state index contributed by atoms with van der Waals surface area (Å²) in [6.45, 7) is 1.66. The van der Waals surface area contributed by atoms with Crippen LogP contribution in [0.15, 0.2) is 24.3 Å². The van der Waals surface area contributed by atoms with Crippen LogP contribution in [0.3, 0.4) is 0 Å². The number of nitrogens with zero attached hydrogens (tertiary/aromatic N) is 2. The molecule has 1 aliphatic heterocycles. The van der Waals surface area contributed by atoms with Crippen molar-refractivity contribution in [3.05, 3.63) is 45.8 Å². The number of amides is 1. The van der Waals surface area contributed by atoms with Gasteiger partial charge in [0.15, 0.2) is 0 Å². The van der Waals surface area contributed by atoms with Crippen molar-refractivity contribution in [1.82, 2.24) is 4.90 Å². The number of methoxy groups -OCH3 is 1. The van der Waals surface area contributed by atoms with Crippen molar-refractivity contribution in [2.75, 3.05) is 45.0 Å². The number of fused-ring (bicyclic) bond motifs is 1. The van der Waals surface area contributed by atoms with Crippen LogP contribution in [0.1, 0.15) is 31.2 Å². The van der Waals surface area contributed by atoms with Crippen LogP contribution >= 0.6 is 11.3 Å². The lowest BCUT2D eigenvalue weighted by Gasteiger charge is -2.22. The number of anilines is 2. The third-order valence-electron chi connectivity index (χ3n) is 4.51. The van der Waals surface area contributed by atoms with Gasteiger partial charge in [0.2, 0.25) is 0 Å². The minimum atomic E-state index is -0.398. The second kappa shape index (κ2) is 7.47. The number of carbonyl (C=O) groups excluding carboxylic acids is 2. The van der Waals surface area contributed by atoms with Gasteiger partial charge in [-0.1, -0.05) is 0 Å². The van der Waals surface area contributed by atoms with Crippen molar-refractivity contribution in [2.45, 2.75) is 13.0 Å². The van der Waals surface area contributed by atoms with Crippen LogP contribution in [0, 0.1) is 0 Å². The molecule has 138 valence electrons. The van der Waals surface area contributed by atoms with Gasteiger partial charge in [-0.25, -0.2) is 4.79 Å². The molecule has 0 saturated carbocycles. The number of rotatable bonds is 4. The Labute approximate surface area is 157 Å². The van der Waals surface area contributed by atoms with E-state index < -0.39 is 5.97 Å². The smallest absolute Gasteiger partial charge is 0.341 e. The zero-order chi connectivity index (χ0) is 18.8. The molecule has 0 fully saturated rings. The number of ether oxygens (including phenoxy) is 1. The first kappa shape index (κ1) is 18.4. The Morgan fingerprint density at radius 2 is 1.92 bits per heavy atom. The molecule has 0 radical (unpaired) electrons. The van der Waals surface area contributed by atoms with Crippen LogP contribution in [-0.4, -0.2) is 51.6 Å². The molecule has 7 heteroatoms. The van der Waals surface area contributed by atoms with Crippen molar-refractivity contribution in [3.8, 4) is 0 Å². The highest BCUT2D eigenvalue weighted by molar-refractivity contribution is 7.17. The molecule has 2 heterocycles. The normalized spacial score (nSPS) is 13.8. The predicted molar refractivity (Wildman–Crippen MR) is 104 cm³/mol. The number of benzene rings is 1. The van der Waals surface area contributed by atoms with Crippen molar-refractivity contribution < 1.29 is 14.3 Å². The largest absolute Gasteiger partial charge is 0.465 e. The van der Waals surface area contributed by atoms with Crippen LogP contribution in [0.4, 0.5) is 10.7 Å². The Balaban J connectivity index is 1.89. The molecule has 6 nitrogen and oxygen atoms in total. The molecule has 0 saturated heterocycles. The SMILES string of the molecule is COC(=O)c1c(NC(=O)c2ccc(N(C)C)cc2)sc2c1CCN(C)C2. The third kappa shape index (κ3) is 3.59. The van der Waals surface area contributed by atoms with Crippen molar-refractivity contribution in [2.24, 2.45) is 0 Å². The van der Waals surface area contributed by atoms with E-state index in [1.165, 1.54) is 18.4 Å². The molecule has 1 N–H and O–H groups in total. The summed E-state index contributed by atoms with van der Waals surface area (Å²) in [6.07, 6.45) is 0.778. The van der Waals surface area contributed by atoms with Crippen LogP contribution in [0.25, 0.3) is 0 Å². The first-order valence-electron chi connectivity index (χ1n) is 8.41. The fraction of sp³-hybridized carbons (Fsp3) is 0.368. The summed E-state index contributed by atoms with van der Waals surface area (Å²) in [5, 5.41) is 3.48. The summed E-state index contributed by atoms with van der Waals surface area (Å²) in [4.78, 5) is 30.2. The second-order valence-corrected chi connectivity index (χ2v) is 7.69. The van der Waals surface area contributed by atoms with Gasteiger partial charge in [0.05, 0.1) is 12.7 Å². The Morgan fingerprint density at radius 3 is 2.54 bits per heavy atom. The van der Waals surface area contributed by atoms with Gasteiger partial charge in [-0.2, -0.15) is 0 Å². The van der Waals surface area contributed by atoms with E-state index in [2.05, 4.69) is 10.2 Å². The molecule has 0 bridgehead atoms. The highest BCUT2D eigenvalue weighted by atomic mass is 32.1. The molecule has 1 aliphatic rings. The Bertz CT molecular complexity index is 827. The Kier molecular flexibility index (Phi) is 5.29. The lowest BCUT2D eigenvalue weighted by atomic mass is 10.0. The third-order valence-corrected chi connectivity index (χ3v) is 5.64. The minimum Gasteiger partial charge on any atom is -0.465 e. The molecule has 1 amide bonds. The van der Waals surface area contributed by atoms with Gasteiger partial charge in [0.1, 0.15) is 5.00 Å². The predicted octanol–water partition coefficient (Wildman–Crippen LogP) is 2.84. The number of likely N-dealkylation sites (N-methyl/N-ethyl adjacent to an activating group) is 1. The number of hydrogen-bond acceptors (Lipinski definition) is 6. The summed E-state index contributed by atoms with van der Waals surface area (Å²) >= 11 is 1.46. The maximum Gasteiger partial charge on any atom is 0.341 e. The van der Waals surface area contributed by atoms with E-state index in [4.69, 9.17) is 4.74 Å². The lowest BCUT2D eigenvalue weighted by Crippen LogP contribution is -2.26. The highest BCUT2D eigenvalue weighted by Gasteiger charge is 2.28. The van der Waals surface area contributed by atoms with Gasteiger partial charge >= 0.3 is 5.97 Å². The van der Waals surface area contributed by atoms with Gasteiger partial charge in [0.25, 0.3) is 5.91 Å². The summed E-state index contributed by atoms with van der Waals surface area (Å²) in [5.41, 5.74) is 3.07. The van der Waals surface area contributed by atoms with Crippen LogP contribution < -0.4 is 10.2 Å². The summed E-state index contributed by atoms with van der Waals surface area (Å²) < 4.78 is 4.95. The molecule has 0 spiro atoms. The minimum absolute atomic E-state index is 0.229. The van der Waals surface area contributed by atoms with E-state index in [9.17, 15) is 9.59 Å². The molecule has 1 aromatic carbocycles. The number of nitrogens with one attached hydrogen (secondary N) is 1. The van der Waals surface area contributed by atoms with Gasteiger partial charge in [0, 0.05) is 43.3 Å². The lowest BCUT2D eigenvalue weighted by molar-refractivity contribution is 0.0600. The molecule has 26 heavy (non-hydrogen) atoms. The molecule has 0 atom stereocenters. The van der Waals surface area contributed by atoms with Crippen LogP contribution in [0.5, 0.6) is 0 Å². The Morgan fingerprint density at radius 1 is 1.23 bits per heavy atom. The second-order valence-electron chi connectivity index (χ2n) is 6.58. The first-order valence-corrected chi connectivity index (χ1v) is 9.22. The monoisotopic (exact) mass is 373 g/mol. The Hall–Kier alpha value is -2.38. The van der Waals surface area contributed by atoms with E-state index >= 15 is 0 Å². The van der Waals surface area contributed by atoms with E-state index in [-0.39, 0.29) is 5.91 Å².